The van der Waals surface area contributed by atoms with E-state index in [2.05, 4.69) is 10.3 Å². The van der Waals surface area contributed by atoms with Crippen LogP contribution in [0.3, 0.4) is 0 Å². The number of ether oxygens (including phenoxy) is 2. The molecule has 1 aliphatic heterocycles. The smallest absolute Gasteiger partial charge is 0.237 e. The van der Waals surface area contributed by atoms with Crippen molar-refractivity contribution >= 4 is 34.4 Å². The Morgan fingerprint density at radius 1 is 1.24 bits per heavy atom. The third-order valence-corrected chi connectivity index (χ3v) is 5.18. The molecule has 1 amide bonds. The van der Waals surface area contributed by atoms with Gasteiger partial charge >= 0.3 is 0 Å². The van der Waals surface area contributed by atoms with Crippen LogP contribution in [-0.2, 0) is 11.8 Å². The lowest BCUT2D eigenvalue weighted by Crippen LogP contribution is -2.22. The van der Waals surface area contributed by atoms with Crippen LogP contribution in [0.4, 0.5) is 5.69 Å². The summed E-state index contributed by atoms with van der Waals surface area (Å²) in [4.78, 5) is 17.1. The van der Waals surface area contributed by atoms with Gasteiger partial charge in [0.05, 0.1) is 16.3 Å². The van der Waals surface area contributed by atoms with Crippen LogP contribution in [0.1, 0.15) is 6.92 Å². The lowest BCUT2D eigenvalue weighted by atomic mass is 10.2. The summed E-state index contributed by atoms with van der Waals surface area (Å²) < 4.78 is 12.6. The van der Waals surface area contributed by atoms with E-state index in [1.54, 1.807) is 18.2 Å². The molecule has 1 aromatic heterocycles. The van der Waals surface area contributed by atoms with Gasteiger partial charge in [-0.2, -0.15) is 0 Å². The number of carbonyl (C=O) groups excluding carboxylic acids is 1. The topological polar surface area (TPSA) is 65.4 Å². The summed E-state index contributed by atoms with van der Waals surface area (Å²) in [5, 5.41) is 3.44. The van der Waals surface area contributed by atoms with Crippen LogP contribution in [0.5, 0.6) is 11.5 Å². The molecule has 0 aliphatic carbocycles. The Hall–Kier alpha value is -2.67. The molecule has 2 heterocycles. The molecular formula is C18H17N3O3S. The minimum atomic E-state index is -0.291. The fourth-order valence-corrected chi connectivity index (χ4v) is 3.55. The molecule has 0 fully saturated rings. The number of para-hydroxylation sites is 2. The van der Waals surface area contributed by atoms with Crippen LogP contribution in [0.2, 0.25) is 0 Å². The highest BCUT2D eigenvalue weighted by atomic mass is 32.2. The van der Waals surface area contributed by atoms with Gasteiger partial charge in [0.25, 0.3) is 0 Å². The van der Waals surface area contributed by atoms with Crippen molar-refractivity contribution in [2.75, 3.05) is 12.1 Å². The number of aryl methyl sites for hydroxylation is 1. The molecule has 0 spiro atoms. The van der Waals surface area contributed by atoms with Crippen LogP contribution in [0.15, 0.2) is 47.6 Å². The lowest BCUT2D eigenvalue weighted by Gasteiger charge is -2.12. The molecule has 6 nitrogen and oxygen atoms in total. The highest BCUT2D eigenvalue weighted by Gasteiger charge is 2.20. The van der Waals surface area contributed by atoms with E-state index in [1.165, 1.54) is 11.8 Å². The van der Waals surface area contributed by atoms with Crippen molar-refractivity contribution in [1.82, 2.24) is 9.55 Å². The number of thioether (sulfide) groups is 1. The number of hydrogen-bond acceptors (Lipinski definition) is 5. The van der Waals surface area contributed by atoms with E-state index in [-0.39, 0.29) is 18.0 Å². The van der Waals surface area contributed by atoms with E-state index in [9.17, 15) is 4.79 Å². The summed E-state index contributed by atoms with van der Waals surface area (Å²) in [5.74, 6) is 1.25. The zero-order valence-corrected chi connectivity index (χ0v) is 14.7. The molecule has 0 radical (unpaired) electrons. The van der Waals surface area contributed by atoms with Gasteiger partial charge in [-0.15, -0.1) is 0 Å². The third-order valence-electron chi connectivity index (χ3n) is 4.04. The fraction of sp³-hybridized carbons (Fsp3) is 0.222. The van der Waals surface area contributed by atoms with Gasteiger partial charge in [-0.05, 0) is 31.2 Å². The SMILES string of the molecule is C[C@@H](Sc1nc2ccccc2n1C)C(=O)Nc1ccc2c(c1)OCO2. The van der Waals surface area contributed by atoms with Crippen LogP contribution in [0.25, 0.3) is 11.0 Å². The summed E-state index contributed by atoms with van der Waals surface area (Å²) in [6.45, 7) is 2.08. The second-order valence-corrected chi connectivity index (χ2v) is 7.07. The maximum absolute atomic E-state index is 12.5. The van der Waals surface area contributed by atoms with Crippen LogP contribution >= 0.6 is 11.8 Å². The normalized spacial score (nSPS) is 13.8. The molecule has 25 heavy (non-hydrogen) atoms. The first-order chi connectivity index (χ1) is 12.1. The minimum absolute atomic E-state index is 0.0871. The maximum atomic E-state index is 12.5. The molecule has 1 aliphatic rings. The number of aromatic nitrogens is 2. The van der Waals surface area contributed by atoms with Crippen molar-refractivity contribution in [3.05, 3.63) is 42.5 Å². The monoisotopic (exact) mass is 355 g/mol. The van der Waals surface area contributed by atoms with Crippen LogP contribution < -0.4 is 14.8 Å². The molecule has 4 rings (SSSR count). The molecule has 1 atom stereocenters. The standard InChI is InChI=1S/C18H17N3O3S/c1-11(25-18-20-13-5-3-4-6-14(13)21(18)2)17(22)19-12-7-8-15-16(9-12)24-10-23-15/h3-9,11H,10H2,1-2H3,(H,19,22)/t11-/m1/s1. The number of fused-ring (bicyclic) bond motifs is 2. The van der Waals surface area contributed by atoms with Crippen molar-refractivity contribution in [1.29, 1.82) is 0 Å². The quantitative estimate of drug-likeness (QED) is 0.727. The third kappa shape index (κ3) is 3.02. The van der Waals surface area contributed by atoms with Gasteiger partial charge in [-0.1, -0.05) is 23.9 Å². The highest BCUT2D eigenvalue weighted by molar-refractivity contribution is 8.00. The number of carbonyl (C=O) groups is 1. The number of amides is 1. The number of hydrogen-bond donors (Lipinski definition) is 1. The van der Waals surface area contributed by atoms with Crippen LogP contribution in [-0.4, -0.2) is 27.5 Å². The lowest BCUT2D eigenvalue weighted by molar-refractivity contribution is -0.115. The molecule has 3 aromatic rings. The maximum Gasteiger partial charge on any atom is 0.237 e. The van der Waals surface area contributed by atoms with Crippen molar-refractivity contribution in [2.24, 2.45) is 7.05 Å². The first kappa shape index (κ1) is 15.8. The average molecular weight is 355 g/mol. The van der Waals surface area contributed by atoms with Gasteiger partial charge in [0.1, 0.15) is 0 Å². The Kier molecular flexibility index (Phi) is 4.01. The van der Waals surface area contributed by atoms with E-state index in [0.29, 0.717) is 17.2 Å². The van der Waals surface area contributed by atoms with Gasteiger partial charge in [0.2, 0.25) is 12.7 Å². The second kappa shape index (κ2) is 6.33. The van der Waals surface area contributed by atoms with E-state index in [0.717, 1.165) is 16.2 Å². The summed E-state index contributed by atoms with van der Waals surface area (Å²) in [6.07, 6.45) is 0. The number of benzene rings is 2. The molecule has 7 heteroatoms. The summed E-state index contributed by atoms with van der Waals surface area (Å²) in [7, 11) is 1.96. The Morgan fingerprint density at radius 2 is 2.04 bits per heavy atom. The summed E-state index contributed by atoms with van der Waals surface area (Å²) in [5.41, 5.74) is 2.66. The van der Waals surface area contributed by atoms with E-state index in [4.69, 9.17) is 9.47 Å². The summed E-state index contributed by atoms with van der Waals surface area (Å²) >= 11 is 1.43. The van der Waals surface area contributed by atoms with Crippen molar-refractivity contribution in [2.45, 2.75) is 17.3 Å². The molecule has 0 unspecified atom stereocenters. The average Bonchev–Trinajstić information content (AvgIpc) is 3.20. The largest absolute Gasteiger partial charge is 0.454 e. The molecule has 1 N–H and O–H groups in total. The van der Waals surface area contributed by atoms with Crippen molar-refractivity contribution in [3.63, 3.8) is 0 Å². The van der Waals surface area contributed by atoms with E-state index < -0.39 is 0 Å². The Bertz CT molecular complexity index is 954. The molecule has 2 aromatic carbocycles. The number of rotatable bonds is 4. The minimum Gasteiger partial charge on any atom is -0.454 e. The predicted molar refractivity (Wildman–Crippen MR) is 97.2 cm³/mol. The molecule has 0 saturated heterocycles. The van der Waals surface area contributed by atoms with Gasteiger partial charge in [0, 0.05) is 18.8 Å². The Balaban J connectivity index is 1.47. The van der Waals surface area contributed by atoms with Gasteiger partial charge in [-0.3, -0.25) is 4.79 Å². The number of imidazole rings is 1. The first-order valence-electron chi connectivity index (χ1n) is 7.90. The zero-order chi connectivity index (χ0) is 17.4. The van der Waals surface area contributed by atoms with Gasteiger partial charge < -0.3 is 19.4 Å². The highest BCUT2D eigenvalue weighted by Crippen LogP contribution is 2.34. The van der Waals surface area contributed by atoms with Gasteiger partial charge in [0.15, 0.2) is 16.7 Å². The fourth-order valence-electron chi connectivity index (χ4n) is 2.66. The Labute approximate surface area is 149 Å². The summed E-state index contributed by atoms with van der Waals surface area (Å²) in [6, 6.07) is 13.3. The number of nitrogens with one attached hydrogen (secondary N) is 1. The number of nitrogens with zero attached hydrogens (tertiary/aromatic N) is 2. The Morgan fingerprint density at radius 3 is 2.88 bits per heavy atom. The second-order valence-electron chi connectivity index (χ2n) is 5.76. The zero-order valence-electron chi connectivity index (χ0n) is 13.9. The van der Waals surface area contributed by atoms with E-state index in [1.807, 2.05) is 42.8 Å². The predicted octanol–water partition coefficient (Wildman–Crippen LogP) is 3.42. The molecule has 0 saturated carbocycles. The van der Waals surface area contributed by atoms with Crippen molar-refractivity contribution < 1.29 is 14.3 Å². The molecular weight excluding hydrogens is 338 g/mol. The first-order valence-corrected chi connectivity index (χ1v) is 8.78. The van der Waals surface area contributed by atoms with Crippen molar-refractivity contribution in [3.8, 4) is 11.5 Å². The molecule has 128 valence electrons. The van der Waals surface area contributed by atoms with E-state index >= 15 is 0 Å². The number of anilines is 1. The van der Waals surface area contributed by atoms with Gasteiger partial charge in [-0.25, -0.2) is 4.98 Å². The molecule has 0 bridgehead atoms. The van der Waals surface area contributed by atoms with Crippen LogP contribution in [0, 0.1) is 0 Å².